The number of nitrogens with zero attached hydrogens (tertiary/aromatic N) is 4. The Morgan fingerprint density at radius 1 is 1.21 bits per heavy atom. The summed E-state index contributed by atoms with van der Waals surface area (Å²) in [6.07, 6.45) is -1.65. The van der Waals surface area contributed by atoms with Crippen molar-refractivity contribution in [3.63, 3.8) is 0 Å². The van der Waals surface area contributed by atoms with Crippen molar-refractivity contribution in [2.45, 2.75) is 12.6 Å². The molecule has 0 aliphatic carbocycles. The summed E-state index contributed by atoms with van der Waals surface area (Å²) < 4.78 is 46.9. The number of alkyl halides is 3. The Morgan fingerprint density at radius 2 is 2.04 bits per heavy atom. The van der Waals surface area contributed by atoms with Gasteiger partial charge in [0.2, 0.25) is 11.7 Å². The molecule has 0 unspecified atom stereocenters. The highest BCUT2D eigenvalue weighted by atomic mass is 19.4. The molecule has 1 N–H and O–H groups in total. The van der Waals surface area contributed by atoms with Gasteiger partial charge >= 0.3 is 12.1 Å². The lowest BCUT2D eigenvalue weighted by atomic mass is 10.1. The number of methoxy groups -OCH3 is 1. The lowest BCUT2D eigenvalue weighted by molar-refractivity contribution is -0.159. The number of hydrogen-bond donors (Lipinski definition) is 1. The predicted octanol–water partition coefficient (Wildman–Crippen LogP) is 3.19. The van der Waals surface area contributed by atoms with Gasteiger partial charge in [0.15, 0.2) is 0 Å². The fourth-order valence-electron chi connectivity index (χ4n) is 2.20. The summed E-state index contributed by atoms with van der Waals surface area (Å²) in [5.41, 5.74) is 1.64. The van der Waals surface area contributed by atoms with E-state index in [0.29, 0.717) is 29.2 Å². The average Bonchev–Trinajstić information content (AvgIpc) is 3.18. The Hall–Kier alpha value is -3.34. The number of carbonyl (C=O) groups excluding carboxylic acids is 1. The molecule has 0 saturated heterocycles. The zero-order valence-corrected chi connectivity index (χ0v) is 14.5. The van der Waals surface area contributed by atoms with E-state index in [2.05, 4.69) is 29.9 Å². The van der Waals surface area contributed by atoms with Gasteiger partial charge in [0.1, 0.15) is 0 Å². The van der Waals surface area contributed by atoms with Crippen molar-refractivity contribution in [1.82, 2.24) is 20.1 Å². The third-order valence-electron chi connectivity index (χ3n) is 3.53. The molecule has 0 atom stereocenters. The summed E-state index contributed by atoms with van der Waals surface area (Å²) in [4.78, 5) is 23.4. The van der Waals surface area contributed by atoms with Crippen LogP contribution in [0.25, 0.3) is 22.8 Å². The molecule has 8 nitrogen and oxygen atoms in total. The second-order valence-corrected chi connectivity index (χ2v) is 5.57. The third kappa shape index (κ3) is 4.68. The maximum Gasteiger partial charge on any atom is 0.471 e. The third-order valence-corrected chi connectivity index (χ3v) is 3.53. The second kappa shape index (κ2) is 8.13. The fourth-order valence-corrected chi connectivity index (χ4v) is 2.20. The SMILES string of the molecule is COCCC(=O)Nc1ccc(-c2cc(-c3noc(C(F)(F)F)n3)ccn2)nc1. The van der Waals surface area contributed by atoms with Crippen LogP contribution in [0.1, 0.15) is 12.3 Å². The van der Waals surface area contributed by atoms with Crippen molar-refractivity contribution in [3.8, 4) is 22.8 Å². The van der Waals surface area contributed by atoms with Gasteiger partial charge in [0.25, 0.3) is 0 Å². The first-order valence-corrected chi connectivity index (χ1v) is 7.99. The maximum atomic E-state index is 12.6. The van der Waals surface area contributed by atoms with Crippen LogP contribution in [0.15, 0.2) is 41.2 Å². The van der Waals surface area contributed by atoms with Crippen LogP contribution in [0.3, 0.4) is 0 Å². The summed E-state index contributed by atoms with van der Waals surface area (Å²) in [5.74, 6) is -1.85. The molecule has 146 valence electrons. The van der Waals surface area contributed by atoms with Crippen LogP contribution in [-0.2, 0) is 15.7 Å². The van der Waals surface area contributed by atoms with E-state index in [0.717, 1.165) is 0 Å². The minimum atomic E-state index is -4.72. The number of carbonyl (C=O) groups is 1. The molecular weight excluding hydrogens is 379 g/mol. The van der Waals surface area contributed by atoms with Gasteiger partial charge in [-0.25, -0.2) is 0 Å². The number of hydrogen-bond acceptors (Lipinski definition) is 7. The van der Waals surface area contributed by atoms with E-state index in [9.17, 15) is 18.0 Å². The van der Waals surface area contributed by atoms with Gasteiger partial charge in [-0.3, -0.25) is 14.8 Å². The van der Waals surface area contributed by atoms with Crippen LogP contribution in [-0.4, -0.2) is 39.7 Å². The summed E-state index contributed by atoms with van der Waals surface area (Å²) in [6, 6.07) is 6.20. The van der Waals surface area contributed by atoms with Gasteiger partial charge < -0.3 is 14.6 Å². The highest BCUT2D eigenvalue weighted by Crippen LogP contribution is 2.30. The first-order valence-electron chi connectivity index (χ1n) is 7.99. The van der Waals surface area contributed by atoms with Gasteiger partial charge in [-0.15, -0.1) is 0 Å². The highest BCUT2D eigenvalue weighted by Gasteiger charge is 2.38. The molecule has 3 rings (SSSR count). The quantitative estimate of drug-likeness (QED) is 0.686. The van der Waals surface area contributed by atoms with Crippen LogP contribution in [0, 0.1) is 0 Å². The number of halogens is 3. The maximum absolute atomic E-state index is 12.6. The fraction of sp³-hybridized carbons (Fsp3) is 0.235. The van der Waals surface area contributed by atoms with E-state index in [-0.39, 0.29) is 18.2 Å². The number of amides is 1. The molecule has 0 bridgehead atoms. The van der Waals surface area contributed by atoms with Crippen molar-refractivity contribution in [2.75, 3.05) is 19.0 Å². The van der Waals surface area contributed by atoms with E-state index in [1.807, 2.05) is 0 Å². The van der Waals surface area contributed by atoms with Gasteiger partial charge in [-0.2, -0.15) is 18.2 Å². The lowest BCUT2D eigenvalue weighted by Crippen LogP contribution is -2.13. The Kier molecular flexibility index (Phi) is 5.64. The molecule has 0 saturated carbocycles. The average molecular weight is 393 g/mol. The van der Waals surface area contributed by atoms with Crippen molar-refractivity contribution < 1.29 is 27.2 Å². The Morgan fingerprint density at radius 3 is 2.68 bits per heavy atom. The summed E-state index contributed by atoms with van der Waals surface area (Å²) in [5, 5.41) is 6.02. The molecule has 0 radical (unpaired) electrons. The number of rotatable bonds is 6. The van der Waals surface area contributed by atoms with E-state index >= 15 is 0 Å². The number of nitrogens with one attached hydrogen (secondary N) is 1. The van der Waals surface area contributed by atoms with Crippen molar-refractivity contribution in [1.29, 1.82) is 0 Å². The topological polar surface area (TPSA) is 103 Å². The van der Waals surface area contributed by atoms with Gasteiger partial charge in [0, 0.05) is 18.9 Å². The van der Waals surface area contributed by atoms with Gasteiger partial charge in [-0.1, -0.05) is 5.16 Å². The first-order chi connectivity index (χ1) is 13.4. The molecule has 1 amide bonds. The van der Waals surface area contributed by atoms with Crippen LogP contribution in [0.4, 0.5) is 18.9 Å². The first kappa shape index (κ1) is 19.4. The Bertz CT molecular complexity index is 957. The molecule has 3 aromatic rings. The van der Waals surface area contributed by atoms with Gasteiger partial charge in [0.05, 0.1) is 36.3 Å². The lowest BCUT2D eigenvalue weighted by Gasteiger charge is -2.06. The van der Waals surface area contributed by atoms with E-state index in [1.54, 1.807) is 12.1 Å². The molecule has 11 heteroatoms. The smallest absolute Gasteiger partial charge is 0.384 e. The van der Waals surface area contributed by atoms with Crippen LogP contribution in [0.2, 0.25) is 0 Å². The predicted molar refractivity (Wildman–Crippen MR) is 90.9 cm³/mol. The summed E-state index contributed by atoms with van der Waals surface area (Å²) in [6.45, 7) is 0.306. The molecule has 0 aliphatic rings. The van der Waals surface area contributed by atoms with Crippen molar-refractivity contribution >= 4 is 11.6 Å². The molecule has 0 aromatic carbocycles. The molecule has 0 aliphatic heterocycles. The van der Waals surface area contributed by atoms with E-state index < -0.39 is 12.1 Å². The summed E-state index contributed by atoms with van der Waals surface area (Å²) in [7, 11) is 1.50. The summed E-state index contributed by atoms with van der Waals surface area (Å²) >= 11 is 0. The minimum absolute atomic E-state index is 0.210. The zero-order chi connectivity index (χ0) is 20.1. The normalized spacial score (nSPS) is 11.4. The van der Waals surface area contributed by atoms with Crippen molar-refractivity contribution in [3.05, 3.63) is 42.5 Å². The standard InChI is InChI=1S/C17H14F3N5O3/c1-27-7-5-14(26)23-11-2-3-12(22-9-11)13-8-10(4-6-21-13)15-24-16(28-25-15)17(18,19)20/h2-4,6,8-9H,5,7H2,1H3,(H,23,26). The number of pyridine rings is 2. The van der Waals surface area contributed by atoms with Crippen LogP contribution in [0.5, 0.6) is 0 Å². The molecule has 3 heterocycles. The molecule has 28 heavy (non-hydrogen) atoms. The Labute approximate surface area is 156 Å². The molecule has 0 spiro atoms. The van der Waals surface area contributed by atoms with Gasteiger partial charge in [-0.05, 0) is 24.3 Å². The molecule has 3 aromatic heterocycles. The van der Waals surface area contributed by atoms with Crippen molar-refractivity contribution in [2.24, 2.45) is 0 Å². The number of ether oxygens (including phenoxy) is 1. The Balaban J connectivity index is 1.77. The minimum Gasteiger partial charge on any atom is -0.384 e. The number of aromatic nitrogens is 4. The van der Waals surface area contributed by atoms with E-state index in [4.69, 9.17) is 4.74 Å². The van der Waals surface area contributed by atoms with E-state index in [1.165, 1.54) is 31.6 Å². The van der Waals surface area contributed by atoms with Crippen LogP contribution >= 0.6 is 0 Å². The molecule has 0 fully saturated rings. The second-order valence-electron chi connectivity index (χ2n) is 5.57. The molecular formula is C17H14F3N5O3. The number of anilines is 1. The highest BCUT2D eigenvalue weighted by molar-refractivity contribution is 5.90. The largest absolute Gasteiger partial charge is 0.471 e. The monoisotopic (exact) mass is 393 g/mol. The zero-order valence-electron chi connectivity index (χ0n) is 14.5. The van der Waals surface area contributed by atoms with Crippen LogP contribution < -0.4 is 5.32 Å².